The molecule has 6 heteroatoms. The number of hydrogen-bond donors (Lipinski definition) is 1. The molecule has 4 nitrogen and oxygen atoms in total. The average molecular weight is 274 g/mol. The van der Waals surface area contributed by atoms with E-state index < -0.39 is 0 Å². The number of fused-ring (bicyclic) bond motifs is 1. The van der Waals surface area contributed by atoms with E-state index in [0.29, 0.717) is 5.52 Å². The van der Waals surface area contributed by atoms with E-state index in [9.17, 15) is 4.39 Å². The predicted octanol–water partition coefficient (Wildman–Crippen LogP) is 3.24. The Morgan fingerprint density at radius 2 is 2.11 bits per heavy atom. The molecule has 0 bridgehead atoms. The smallest absolute Gasteiger partial charge is 0.205 e. The van der Waals surface area contributed by atoms with E-state index in [1.54, 1.807) is 13.1 Å². The number of hydrogen-bond acceptors (Lipinski definition) is 5. The maximum absolute atomic E-state index is 13.8. The van der Waals surface area contributed by atoms with Crippen molar-refractivity contribution in [2.45, 2.75) is 6.92 Å². The van der Waals surface area contributed by atoms with Crippen LogP contribution in [0, 0.1) is 12.7 Å². The molecule has 0 aliphatic rings. The minimum absolute atomic E-state index is 0.319. The summed E-state index contributed by atoms with van der Waals surface area (Å²) >= 11 is 1.43. The van der Waals surface area contributed by atoms with Gasteiger partial charge >= 0.3 is 0 Å². The van der Waals surface area contributed by atoms with Crippen molar-refractivity contribution >= 4 is 27.4 Å². The summed E-state index contributed by atoms with van der Waals surface area (Å²) in [6.07, 6.45) is 0. The molecule has 0 saturated heterocycles. The highest BCUT2D eigenvalue weighted by Gasteiger charge is 2.13. The maximum Gasteiger partial charge on any atom is 0.205 e. The SMILES string of the molecule is CNc1nnc(-c2cc(C)nc3c(F)cccc23)s1. The van der Waals surface area contributed by atoms with Crippen molar-refractivity contribution in [2.75, 3.05) is 12.4 Å². The van der Waals surface area contributed by atoms with E-state index in [-0.39, 0.29) is 5.82 Å². The Balaban J connectivity index is 2.31. The van der Waals surface area contributed by atoms with Gasteiger partial charge in [0.15, 0.2) is 0 Å². The zero-order valence-corrected chi connectivity index (χ0v) is 11.3. The Bertz CT molecular complexity index is 753. The third-order valence-corrected chi connectivity index (χ3v) is 3.76. The van der Waals surface area contributed by atoms with E-state index in [2.05, 4.69) is 20.5 Å². The lowest BCUT2D eigenvalue weighted by molar-refractivity contribution is 0.636. The summed E-state index contributed by atoms with van der Waals surface area (Å²) < 4.78 is 13.8. The molecule has 1 N–H and O–H groups in total. The summed E-state index contributed by atoms with van der Waals surface area (Å²) in [5, 5.41) is 13.3. The van der Waals surface area contributed by atoms with Gasteiger partial charge < -0.3 is 5.32 Å². The van der Waals surface area contributed by atoms with Crippen LogP contribution in [-0.4, -0.2) is 22.2 Å². The van der Waals surface area contributed by atoms with E-state index >= 15 is 0 Å². The van der Waals surface area contributed by atoms with E-state index in [1.165, 1.54) is 17.4 Å². The van der Waals surface area contributed by atoms with Crippen LogP contribution in [0.5, 0.6) is 0 Å². The highest BCUT2D eigenvalue weighted by molar-refractivity contribution is 7.18. The van der Waals surface area contributed by atoms with E-state index in [1.807, 2.05) is 19.1 Å². The van der Waals surface area contributed by atoms with E-state index in [0.717, 1.165) is 26.8 Å². The van der Waals surface area contributed by atoms with Crippen LogP contribution < -0.4 is 5.32 Å². The zero-order chi connectivity index (χ0) is 13.4. The van der Waals surface area contributed by atoms with Crippen LogP contribution in [0.2, 0.25) is 0 Å². The van der Waals surface area contributed by atoms with Gasteiger partial charge in [-0.3, -0.25) is 0 Å². The van der Waals surface area contributed by atoms with E-state index in [4.69, 9.17) is 0 Å². The fourth-order valence-electron chi connectivity index (χ4n) is 1.95. The molecule has 0 spiro atoms. The second-order valence-electron chi connectivity index (χ2n) is 4.11. The summed E-state index contributed by atoms with van der Waals surface area (Å²) in [7, 11) is 1.79. The van der Waals surface area contributed by atoms with Gasteiger partial charge in [0.1, 0.15) is 16.3 Å². The molecule has 19 heavy (non-hydrogen) atoms. The van der Waals surface area contributed by atoms with Crippen LogP contribution in [0.15, 0.2) is 24.3 Å². The molecule has 3 aromatic rings. The van der Waals surface area contributed by atoms with Gasteiger partial charge in [-0.15, -0.1) is 10.2 Å². The first kappa shape index (κ1) is 12.0. The standard InChI is InChI=1S/C13H11FN4S/c1-7-6-9(12-17-18-13(15-2)19-12)8-4-3-5-10(14)11(8)16-7/h3-6H,1-2H3,(H,15,18). The minimum atomic E-state index is -0.319. The fraction of sp³-hybridized carbons (Fsp3) is 0.154. The third kappa shape index (κ3) is 2.04. The molecular weight excluding hydrogens is 263 g/mol. The number of aromatic nitrogens is 3. The first-order valence-electron chi connectivity index (χ1n) is 5.76. The number of pyridine rings is 1. The molecule has 2 aromatic heterocycles. The van der Waals surface area contributed by atoms with Gasteiger partial charge in [0.2, 0.25) is 5.13 Å². The van der Waals surface area contributed by atoms with Crippen LogP contribution in [-0.2, 0) is 0 Å². The van der Waals surface area contributed by atoms with Gasteiger partial charge in [-0.05, 0) is 19.1 Å². The normalized spacial score (nSPS) is 10.9. The van der Waals surface area contributed by atoms with Crippen molar-refractivity contribution in [2.24, 2.45) is 0 Å². The van der Waals surface area contributed by atoms with Crippen molar-refractivity contribution in [1.29, 1.82) is 0 Å². The molecule has 0 aliphatic heterocycles. The Labute approximate surface area is 113 Å². The molecule has 0 saturated carbocycles. The molecule has 1 aromatic carbocycles. The molecule has 0 aliphatic carbocycles. The molecule has 3 rings (SSSR count). The Kier molecular flexibility index (Phi) is 2.87. The quantitative estimate of drug-likeness (QED) is 0.779. The Morgan fingerprint density at radius 3 is 2.84 bits per heavy atom. The fourth-order valence-corrected chi connectivity index (χ4v) is 2.68. The molecule has 0 fully saturated rings. The summed E-state index contributed by atoms with van der Waals surface area (Å²) in [6.45, 7) is 1.84. The molecule has 96 valence electrons. The number of para-hydroxylation sites is 1. The van der Waals surface area contributed by atoms with Crippen molar-refractivity contribution < 1.29 is 4.39 Å². The van der Waals surface area contributed by atoms with Crippen molar-refractivity contribution in [3.63, 3.8) is 0 Å². The van der Waals surface area contributed by atoms with Crippen molar-refractivity contribution in [3.8, 4) is 10.6 Å². The molecule has 0 amide bonds. The Morgan fingerprint density at radius 1 is 1.26 bits per heavy atom. The minimum Gasteiger partial charge on any atom is -0.363 e. The molecule has 0 atom stereocenters. The van der Waals surface area contributed by atoms with Crippen molar-refractivity contribution in [1.82, 2.24) is 15.2 Å². The van der Waals surface area contributed by atoms with Gasteiger partial charge in [-0.25, -0.2) is 9.37 Å². The zero-order valence-electron chi connectivity index (χ0n) is 10.4. The first-order valence-corrected chi connectivity index (χ1v) is 6.58. The highest BCUT2D eigenvalue weighted by atomic mass is 32.1. The first-order chi connectivity index (χ1) is 9.19. The van der Waals surface area contributed by atoms with Gasteiger partial charge in [0.25, 0.3) is 0 Å². The number of nitrogens with zero attached hydrogens (tertiary/aromatic N) is 3. The molecule has 0 unspecified atom stereocenters. The van der Waals surface area contributed by atoms with Gasteiger partial charge in [-0.2, -0.15) is 0 Å². The van der Waals surface area contributed by atoms with Crippen LogP contribution in [0.4, 0.5) is 9.52 Å². The Hall–Kier alpha value is -2.08. The van der Waals surface area contributed by atoms with Gasteiger partial charge in [-0.1, -0.05) is 23.5 Å². The number of anilines is 1. The monoisotopic (exact) mass is 274 g/mol. The van der Waals surface area contributed by atoms with Crippen LogP contribution in [0.25, 0.3) is 21.5 Å². The lowest BCUT2D eigenvalue weighted by atomic mass is 10.1. The summed E-state index contributed by atoms with van der Waals surface area (Å²) in [6, 6.07) is 6.85. The largest absolute Gasteiger partial charge is 0.363 e. The molecule has 2 heterocycles. The summed E-state index contributed by atoms with van der Waals surface area (Å²) in [5.74, 6) is -0.319. The molecular formula is C13H11FN4S. The molecule has 0 radical (unpaired) electrons. The van der Waals surface area contributed by atoms with Crippen LogP contribution >= 0.6 is 11.3 Å². The number of halogens is 1. The van der Waals surface area contributed by atoms with Crippen LogP contribution in [0.3, 0.4) is 0 Å². The second kappa shape index (κ2) is 4.55. The van der Waals surface area contributed by atoms with Crippen molar-refractivity contribution in [3.05, 3.63) is 35.8 Å². The lowest BCUT2D eigenvalue weighted by Gasteiger charge is -2.05. The lowest BCUT2D eigenvalue weighted by Crippen LogP contribution is -1.91. The van der Waals surface area contributed by atoms with Gasteiger partial charge in [0, 0.05) is 23.7 Å². The number of nitrogens with one attached hydrogen (secondary N) is 1. The predicted molar refractivity (Wildman–Crippen MR) is 74.9 cm³/mol. The van der Waals surface area contributed by atoms with Gasteiger partial charge in [0.05, 0.1) is 0 Å². The second-order valence-corrected chi connectivity index (χ2v) is 5.09. The maximum atomic E-state index is 13.8. The summed E-state index contributed by atoms with van der Waals surface area (Å²) in [4.78, 5) is 4.25. The third-order valence-electron chi connectivity index (χ3n) is 2.79. The summed E-state index contributed by atoms with van der Waals surface area (Å²) in [5.41, 5.74) is 1.99. The van der Waals surface area contributed by atoms with Crippen LogP contribution in [0.1, 0.15) is 5.69 Å². The highest BCUT2D eigenvalue weighted by Crippen LogP contribution is 2.32. The topological polar surface area (TPSA) is 50.7 Å². The number of aryl methyl sites for hydroxylation is 1. The number of rotatable bonds is 2. The average Bonchev–Trinajstić information content (AvgIpc) is 2.88. The number of benzene rings is 1.